The molecule has 1 rings (SSSR count). The molecule has 0 aliphatic carbocycles. The fraction of sp³-hybridized carbons (Fsp3) is 0.533. The molecule has 1 aromatic carbocycles. The fourth-order valence-corrected chi connectivity index (χ4v) is 2.74. The minimum Gasteiger partial charge on any atom is -0.444 e. The lowest BCUT2D eigenvalue weighted by Crippen LogP contribution is -2.33. The first-order valence-electron chi connectivity index (χ1n) is 7.22. The summed E-state index contributed by atoms with van der Waals surface area (Å²) < 4.78 is 31.5. The molecule has 0 aliphatic heterocycles. The number of nitrogens with one attached hydrogen (secondary N) is 2. The monoisotopic (exact) mass is 328 g/mol. The summed E-state index contributed by atoms with van der Waals surface area (Å²) in [7, 11) is -3.45. The first-order chi connectivity index (χ1) is 10.2. The van der Waals surface area contributed by atoms with Crippen molar-refractivity contribution in [2.24, 2.45) is 0 Å². The van der Waals surface area contributed by atoms with Crippen LogP contribution in [0.5, 0.6) is 0 Å². The Morgan fingerprint density at radius 3 is 2.27 bits per heavy atom. The molecule has 2 N–H and O–H groups in total. The third-order valence-corrected chi connectivity index (χ3v) is 4.09. The maximum atomic E-state index is 11.9. The number of ether oxygens (including phenoxy) is 1. The normalized spacial score (nSPS) is 12.0. The van der Waals surface area contributed by atoms with Gasteiger partial charge in [-0.3, -0.25) is 0 Å². The molecule has 0 saturated carbocycles. The summed E-state index contributed by atoms with van der Waals surface area (Å²) in [6, 6.07) is 8.22. The van der Waals surface area contributed by atoms with E-state index in [4.69, 9.17) is 4.74 Å². The molecular weight excluding hydrogens is 304 g/mol. The van der Waals surface area contributed by atoms with Gasteiger partial charge in [-0.1, -0.05) is 18.2 Å². The molecule has 0 atom stereocenters. The van der Waals surface area contributed by atoms with Crippen molar-refractivity contribution in [3.8, 4) is 0 Å². The number of benzene rings is 1. The van der Waals surface area contributed by atoms with E-state index in [9.17, 15) is 13.2 Å². The summed E-state index contributed by atoms with van der Waals surface area (Å²) in [5, 5.41) is 2.63. The van der Waals surface area contributed by atoms with Gasteiger partial charge in [-0.2, -0.15) is 0 Å². The number of hydrogen-bond donors (Lipinski definition) is 2. The minimum absolute atomic E-state index is 0.252. The highest BCUT2D eigenvalue weighted by molar-refractivity contribution is 7.89. The van der Waals surface area contributed by atoms with Crippen LogP contribution in [0, 0.1) is 0 Å². The highest BCUT2D eigenvalue weighted by atomic mass is 32.2. The van der Waals surface area contributed by atoms with Gasteiger partial charge < -0.3 is 10.1 Å². The lowest BCUT2D eigenvalue weighted by atomic mass is 10.2. The molecule has 22 heavy (non-hydrogen) atoms. The molecule has 0 aromatic heterocycles. The second kappa shape index (κ2) is 8.14. The first-order valence-corrected chi connectivity index (χ1v) is 8.70. The summed E-state index contributed by atoms with van der Waals surface area (Å²) in [6.45, 7) is 6.16. The third-order valence-electron chi connectivity index (χ3n) is 2.62. The summed E-state index contributed by atoms with van der Waals surface area (Å²) in [5.41, 5.74) is -0.518. The Balaban J connectivity index is 2.20. The van der Waals surface area contributed by atoms with Gasteiger partial charge in [0.2, 0.25) is 10.0 Å². The summed E-state index contributed by atoms with van der Waals surface area (Å²) in [4.78, 5) is 11.6. The predicted molar refractivity (Wildman–Crippen MR) is 85.1 cm³/mol. The van der Waals surface area contributed by atoms with E-state index in [1.807, 2.05) is 0 Å². The molecule has 1 aromatic rings. The Hall–Kier alpha value is -1.60. The van der Waals surface area contributed by atoms with E-state index in [-0.39, 0.29) is 4.90 Å². The van der Waals surface area contributed by atoms with Gasteiger partial charge in [0.05, 0.1) is 4.90 Å². The average molecular weight is 328 g/mol. The molecule has 0 saturated heterocycles. The maximum Gasteiger partial charge on any atom is 0.407 e. The smallest absolute Gasteiger partial charge is 0.407 e. The van der Waals surface area contributed by atoms with Crippen molar-refractivity contribution in [2.75, 3.05) is 13.1 Å². The number of carbonyl (C=O) groups is 1. The Kier molecular flexibility index (Phi) is 6.83. The standard InChI is InChI=1S/C15H24N2O4S/c1-15(2,3)21-14(18)16-11-7-8-12-17-22(19,20)13-9-5-4-6-10-13/h4-6,9-10,17H,7-8,11-12H2,1-3H3,(H,16,18). The molecule has 1 amide bonds. The molecule has 0 heterocycles. The lowest BCUT2D eigenvalue weighted by molar-refractivity contribution is 0.0527. The van der Waals surface area contributed by atoms with Crippen molar-refractivity contribution in [1.82, 2.24) is 10.0 Å². The van der Waals surface area contributed by atoms with Crippen molar-refractivity contribution < 1.29 is 17.9 Å². The molecular formula is C15H24N2O4S. The van der Waals surface area contributed by atoms with Gasteiger partial charge in [-0.25, -0.2) is 17.9 Å². The zero-order chi connectivity index (χ0) is 16.6. The van der Waals surface area contributed by atoms with Gasteiger partial charge in [-0.05, 0) is 45.7 Å². The Labute approximate surface area is 132 Å². The maximum absolute atomic E-state index is 11.9. The van der Waals surface area contributed by atoms with E-state index in [0.29, 0.717) is 25.9 Å². The Morgan fingerprint density at radius 2 is 1.68 bits per heavy atom. The van der Waals surface area contributed by atoms with Crippen LogP contribution in [0.25, 0.3) is 0 Å². The molecule has 0 bridgehead atoms. The zero-order valence-electron chi connectivity index (χ0n) is 13.3. The van der Waals surface area contributed by atoms with Crippen LogP contribution in [0.4, 0.5) is 4.79 Å². The van der Waals surface area contributed by atoms with Gasteiger partial charge in [0.15, 0.2) is 0 Å². The summed E-state index contributed by atoms with van der Waals surface area (Å²) >= 11 is 0. The van der Waals surface area contributed by atoms with Gasteiger partial charge in [0.25, 0.3) is 0 Å². The molecule has 0 aliphatic rings. The van der Waals surface area contributed by atoms with E-state index in [2.05, 4.69) is 10.0 Å². The third kappa shape index (κ3) is 7.42. The highest BCUT2D eigenvalue weighted by Gasteiger charge is 2.15. The van der Waals surface area contributed by atoms with Gasteiger partial charge >= 0.3 is 6.09 Å². The van der Waals surface area contributed by atoms with E-state index in [1.165, 1.54) is 0 Å². The average Bonchev–Trinajstić information content (AvgIpc) is 2.41. The minimum atomic E-state index is -3.45. The number of amides is 1. The molecule has 7 heteroatoms. The molecule has 0 radical (unpaired) electrons. The van der Waals surface area contributed by atoms with Gasteiger partial charge in [0.1, 0.15) is 5.60 Å². The fourth-order valence-electron chi connectivity index (χ4n) is 1.64. The molecule has 0 spiro atoms. The van der Waals surface area contributed by atoms with E-state index >= 15 is 0 Å². The van der Waals surface area contributed by atoms with Crippen LogP contribution in [-0.2, 0) is 14.8 Å². The number of hydrogen-bond acceptors (Lipinski definition) is 4. The van der Waals surface area contributed by atoms with E-state index in [1.54, 1.807) is 51.1 Å². The van der Waals surface area contributed by atoms with Crippen molar-refractivity contribution in [1.29, 1.82) is 0 Å². The zero-order valence-corrected chi connectivity index (χ0v) is 14.1. The van der Waals surface area contributed by atoms with Crippen molar-refractivity contribution in [2.45, 2.75) is 44.1 Å². The van der Waals surface area contributed by atoms with Crippen LogP contribution in [0.3, 0.4) is 0 Å². The Bertz CT molecular complexity index is 565. The van der Waals surface area contributed by atoms with Gasteiger partial charge in [-0.15, -0.1) is 0 Å². The van der Waals surface area contributed by atoms with Crippen LogP contribution >= 0.6 is 0 Å². The number of rotatable bonds is 7. The summed E-state index contributed by atoms with van der Waals surface area (Å²) in [5.74, 6) is 0. The van der Waals surface area contributed by atoms with Crippen molar-refractivity contribution in [3.63, 3.8) is 0 Å². The SMILES string of the molecule is CC(C)(C)OC(=O)NCCCCNS(=O)(=O)c1ccccc1. The lowest BCUT2D eigenvalue weighted by Gasteiger charge is -2.19. The number of carbonyl (C=O) groups excluding carboxylic acids is 1. The quantitative estimate of drug-likeness (QED) is 0.752. The second-order valence-electron chi connectivity index (χ2n) is 5.85. The second-order valence-corrected chi connectivity index (χ2v) is 7.61. The predicted octanol–water partition coefficient (Wildman–Crippen LogP) is 2.27. The van der Waals surface area contributed by atoms with Crippen molar-refractivity contribution in [3.05, 3.63) is 30.3 Å². The van der Waals surface area contributed by atoms with Gasteiger partial charge in [0, 0.05) is 13.1 Å². The topological polar surface area (TPSA) is 84.5 Å². The van der Waals surface area contributed by atoms with E-state index < -0.39 is 21.7 Å². The van der Waals surface area contributed by atoms with Crippen LogP contribution in [0.1, 0.15) is 33.6 Å². The molecule has 124 valence electrons. The summed E-state index contributed by atoms with van der Waals surface area (Å²) in [6.07, 6.45) is 0.829. The van der Waals surface area contributed by atoms with Crippen LogP contribution in [-0.4, -0.2) is 33.2 Å². The molecule has 0 fully saturated rings. The van der Waals surface area contributed by atoms with Crippen LogP contribution in [0.15, 0.2) is 35.2 Å². The van der Waals surface area contributed by atoms with Crippen LogP contribution in [0.2, 0.25) is 0 Å². The first kappa shape index (κ1) is 18.4. The van der Waals surface area contributed by atoms with E-state index in [0.717, 1.165) is 0 Å². The van der Waals surface area contributed by atoms with Crippen molar-refractivity contribution >= 4 is 16.1 Å². The highest BCUT2D eigenvalue weighted by Crippen LogP contribution is 2.07. The largest absolute Gasteiger partial charge is 0.444 e. The number of alkyl carbamates (subject to hydrolysis) is 1. The molecule has 6 nitrogen and oxygen atoms in total. The van der Waals surface area contributed by atoms with Crippen LogP contribution < -0.4 is 10.0 Å². The molecule has 0 unspecified atom stereocenters. The number of unbranched alkanes of at least 4 members (excludes halogenated alkanes) is 1. The Morgan fingerprint density at radius 1 is 1.09 bits per heavy atom. The number of sulfonamides is 1.